The Morgan fingerprint density at radius 3 is 2.70 bits per heavy atom. The van der Waals surface area contributed by atoms with E-state index in [1.54, 1.807) is 0 Å². The number of hydrogen-bond acceptors (Lipinski definition) is 2. The molecule has 0 unspecified atom stereocenters. The fourth-order valence-electron chi connectivity index (χ4n) is 2.50. The standard InChI is InChI=1S/C17H19N3/c1-11-6-7-13(8-12(11)2)9-16-19-15-5-3-4-14(10-18)17(15)20-16/h3-8H,9-10,18H2,1-2H3,(H,19,20). The zero-order valence-electron chi connectivity index (χ0n) is 11.9. The average molecular weight is 265 g/mol. The lowest BCUT2D eigenvalue weighted by atomic mass is 10.0. The average Bonchev–Trinajstić information content (AvgIpc) is 2.85. The third-order valence-corrected chi connectivity index (χ3v) is 3.81. The SMILES string of the molecule is Cc1ccc(Cc2nc3c(CN)cccc3[nH]2)cc1C. The Balaban J connectivity index is 1.96. The Kier molecular flexibility index (Phi) is 3.28. The quantitative estimate of drug-likeness (QED) is 0.764. The van der Waals surface area contributed by atoms with Crippen molar-refractivity contribution in [3.63, 3.8) is 0 Å². The molecule has 3 heteroatoms. The van der Waals surface area contributed by atoms with Crippen molar-refractivity contribution in [3.05, 3.63) is 64.5 Å². The molecule has 0 saturated heterocycles. The Morgan fingerprint density at radius 1 is 1.10 bits per heavy atom. The first-order chi connectivity index (χ1) is 9.67. The van der Waals surface area contributed by atoms with E-state index in [-0.39, 0.29) is 0 Å². The minimum absolute atomic E-state index is 0.519. The second kappa shape index (κ2) is 5.10. The van der Waals surface area contributed by atoms with Crippen molar-refractivity contribution in [1.82, 2.24) is 9.97 Å². The van der Waals surface area contributed by atoms with Gasteiger partial charge in [-0.3, -0.25) is 0 Å². The number of para-hydroxylation sites is 1. The van der Waals surface area contributed by atoms with Crippen LogP contribution in [0.15, 0.2) is 36.4 Å². The molecule has 0 bridgehead atoms. The van der Waals surface area contributed by atoms with Gasteiger partial charge in [-0.05, 0) is 42.2 Å². The number of nitrogens with two attached hydrogens (primary N) is 1. The minimum Gasteiger partial charge on any atom is -0.342 e. The number of nitrogens with one attached hydrogen (secondary N) is 1. The number of aromatic amines is 1. The number of hydrogen-bond donors (Lipinski definition) is 2. The molecule has 0 saturated carbocycles. The van der Waals surface area contributed by atoms with Crippen LogP contribution in [0.25, 0.3) is 11.0 Å². The normalized spacial score (nSPS) is 11.2. The van der Waals surface area contributed by atoms with E-state index in [1.807, 2.05) is 18.2 Å². The van der Waals surface area contributed by atoms with E-state index in [2.05, 4.69) is 37.0 Å². The summed E-state index contributed by atoms with van der Waals surface area (Å²) in [5.41, 5.74) is 12.8. The van der Waals surface area contributed by atoms with Crippen LogP contribution in [0.5, 0.6) is 0 Å². The fourth-order valence-corrected chi connectivity index (χ4v) is 2.50. The van der Waals surface area contributed by atoms with Gasteiger partial charge in [-0.2, -0.15) is 0 Å². The lowest BCUT2D eigenvalue weighted by Crippen LogP contribution is -1.97. The smallest absolute Gasteiger partial charge is 0.111 e. The van der Waals surface area contributed by atoms with E-state index in [1.165, 1.54) is 16.7 Å². The molecule has 102 valence electrons. The van der Waals surface area contributed by atoms with Crippen LogP contribution < -0.4 is 5.73 Å². The third kappa shape index (κ3) is 2.32. The summed E-state index contributed by atoms with van der Waals surface area (Å²) >= 11 is 0. The number of aryl methyl sites for hydroxylation is 2. The predicted molar refractivity (Wildman–Crippen MR) is 82.7 cm³/mol. The lowest BCUT2D eigenvalue weighted by molar-refractivity contribution is 1.03. The first kappa shape index (κ1) is 12.9. The van der Waals surface area contributed by atoms with E-state index < -0.39 is 0 Å². The molecule has 3 rings (SSSR count). The monoisotopic (exact) mass is 265 g/mol. The number of fused-ring (bicyclic) bond motifs is 1. The number of imidazole rings is 1. The summed E-state index contributed by atoms with van der Waals surface area (Å²) in [5, 5.41) is 0. The molecular formula is C17H19N3. The van der Waals surface area contributed by atoms with Gasteiger partial charge in [0, 0.05) is 13.0 Å². The summed E-state index contributed by atoms with van der Waals surface area (Å²) < 4.78 is 0. The zero-order chi connectivity index (χ0) is 14.1. The summed E-state index contributed by atoms with van der Waals surface area (Å²) in [6.45, 7) is 4.79. The number of nitrogens with zero attached hydrogens (tertiary/aromatic N) is 1. The van der Waals surface area contributed by atoms with E-state index in [4.69, 9.17) is 10.7 Å². The summed E-state index contributed by atoms with van der Waals surface area (Å²) in [5.74, 6) is 0.990. The Labute approximate surface area is 118 Å². The van der Waals surface area contributed by atoms with Gasteiger partial charge in [0.15, 0.2) is 0 Å². The Bertz CT molecular complexity index is 756. The maximum Gasteiger partial charge on any atom is 0.111 e. The van der Waals surface area contributed by atoms with Crippen molar-refractivity contribution in [3.8, 4) is 0 Å². The first-order valence-corrected chi connectivity index (χ1v) is 6.90. The van der Waals surface area contributed by atoms with Gasteiger partial charge in [0.05, 0.1) is 11.0 Å². The summed E-state index contributed by atoms with van der Waals surface area (Å²) in [6.07, 6.45) is 0.819. The van der Waals surface area contributed by atoms with Crippen molar-refractivity contribution >= 4 is 11.0 Å². The summed E-state index contributed by atoms with van der Waals surface area (Å²) in [6, 6.07) is 12.7. The highest BCUT2D eigenvalue weighted by Gasteiger charge is 2.07. The van der Waals surface area contributed by atoms with Gasteiger partial charge in [-0.15, -0.1) is 0 Å². The first-order valence-electron chi connectivity index (χ1n) is 6.90. The largest absolute Gasteiger partial charge is 0.342 e. The van der Waals surface area contributed by atoms with Gasteiger partial charge in [-0.25, -0.2) is 4.98 Å². The van der Waals surface area contributed by atoms with Crippen molar-refractivity contribution in [2.24, 2.45) is 5.73 Å². The molecule has 0 spiro atoms. The molecular weight excluding hydrogens is 246 g/mol. The lowest BCUT2D eigenvalue weighted by Gasteiger charge is -2.03. The van der Waals surface area contributed by atoms with Gasteiger partial charge in [0.1, 0.15) is 5.82 Å². The molecule has 1 heterocycles. The van der Waals surface area contributed by atoms with Crippen LogP contribution in [0.3, 0.4) is 0 Å². The molecule has 0 atom stereocenters. The highest BCUT2D eigenvalue weighted by atomic mass is 14.9. The highest BCUT2D eigenvalue weighted by molar-refractivity contribution is 5.78. The number of H-pyrrole nitrogens is 1. The predicted octanol–water partition coefficient (Wildman–Crippen LogP) is 3.23. The Hall–Kier alpha value is -2.13. The van der Waals surface area contributed by atoms with Crippen LogP contribution in [-0.2, 0) is 13.0 Å². The molecule has 20 heavy (non-hydrogen) atoms. The molecule has 0 amide bonds. The molecule has 2 aromatic carbocycles. The molecule has 0 aliphatic heterocycles. The van der Waals surface area contributed by atoms with Crippen molar-refractivity contribution in [2.75, 3.05) is 0 Å². The fraction of sp³-hybridized carbons (Fsp3) is 0.235. The van der Waals surface area contributed by atoms with Gasteiger partial charge < -0.3 is 10.7 Å². The van der Waals surface area contributed by atoms with Crippen LogP contribution in [0.2, 0.25) is 0 Å². The van der Waals surface area contributed by atoms with Crippen LogP contribution in [0, 0.1) is 13.8 Å². The van der Waals surface area contributed by atoms with Crippen molar-refractivity contribution in [1.29, 1.82) is 0 Å². The van der Waals surface area contributed by atoms with Crippen LogP contribution in [0.4, 0.5) is 0 Å². The third-order valence-electron chi connectivity index (χ3n) is 3.81. The molecule has 1 aromatic heterocycles. The van der Waals surface area contributed by atoms with Crippen LogP contribution in [-0.4, -0.2) is 9.97 Å². The number of benzene rings is 2. The van der Waals surface area contributed by atoms with E-state index >= 15 is 0 Å². The van der Waals surface area contributed by atoms with Crippen molar-refractivity contribution in [2.45, 2.75) is 26.8 Å². The topological polar surface area (TPSA) is 54.7 Å². The maximum atomic E-state index is 5.76. The number of rotatable bonds is 3. The molecule has 3 aromatic rings. The van der Waals surface area contributed by atoms with Gasteiger partial charge >= 0.3 is 0 Å². The second-order valence-corrected chi connectivity index (χ2v) is 5.30. The molecule has 0 aliphatic carbocycles. The van der Waals surface area contributed by atoms with Crippen LogP contribution >= 0.6 is 0 Å². The van der Waals surface area contributed by atoms with E-state index in [9.17, 15) is 0 Å². The summed E-state index contributed by atoms with van der Waals surface area (Å²) in [7, 11) is 0. The minimum atomic E-state index is 0.519. The number of aromatic nitrogens is 2. The Morgan fingerprint density at radius 2 is 1.95 bits per heavy atom. The molecule has 0 aliphatic rings. The molecule has 0 radical (unpaired) electrons. The van der Waals surface area contributed by atoms with E-state index in [0.29, 0.717) is 6.54 Å². The van der Waals surface area contributed by atoms with E-state index in [0.717, 1.165) is 28.8 Å². The molecule has 0 fully saturated rings. The summed E-state index contributed by atoms with van der Waals surface area (Å²) in [4.78, 5) is 8.08. The van der Waals surface area contributed by atoms with Crippen LogP contribution in [0.1, 0.15) is 28.1 Å². The zero-order valence-corrected chi connectivity index (χ0v) is 11.9. The van der Waals surface area contributed by atoms with Crippen molar-refractivity contribution < 1.29 is 0 Å². The second-order valence-electron chi connectivity index (χ2n) is 5.30. The van der Waals surface area contributed by atoms with Gasteiger partial charge in [0.2, 0.25) is 0 Å². The van der Waals surface area contributed by atoms with Gasteiger partial charge in [0.25, 0.3) is 0 Å². The van der Waals surface area contributed by atoms with Gasteiger partial charge in [-0.1, -0.05) is 30.3 Å². The maximum absolute atomic E-state index is 5.76. The highest BCUT2D eigenvalue weighted by Crippen LogP contribution is 2.18. The molecule has 3 nitrogen and oxygen atoms in total. The molecule has 3 N–H and O–H groups in total.